The number of rotatable bonds is 1. The van der Waals surface area contributed by atoms with Gasteiger partial charge in [0.05, 0.1) is 12.7 Å². The van der Waals surface area contributed by atoms with E-state index in [1.807, 2.05) is 0 Å². The maximum absolute atomic E-state index is 3.38. The van der Waals surface area contributed by atoms with Crippen molar-refractivity contribution in [2.45, 2.75) is 38.6 Å². The van der Waals surface area contributed by atoms with Gasteiger partial charge in [0.2, 0.25) is 0 Å². The summed E-state index contributed by atoms with van der Waals surface area (Å²) in [6, 6.07) is 0.617. The van der Waals surface area contributed by atoms with E-state index < -0.39 is 0 Å². The molecule has 0 aromatic carbocycles. The molecule has 3 nitrogen and oxygen atoms in total. The molecule has 2 heterocycles. The summed E-state index contributed by atoms with van der Waals surface area (Å²) in [4.78, 5) is 0. The van der Waals surface area contributed by atoms with Crippen LogP contribution in [-0.2, 0) is 5.41 Å². The first kappa shape index (κ1) is 9.71. The Kier molecular flexibility index (Phi) is 2.35. The highest BCUT2D eigenvalue weighted by Crippen LogP contribution is 2.20. The van der Waals surface area contributed by atoms with Gasteiger partial charge in [0.1, 0.15) is 0 Å². The highest BCUT2D eigenvalue weighted by Gasteiger charge is 2.27. The van der Waals surface area contributed by atoms with Crippen molar-refractivity contribution in [3.63, 3.8) is 0 Å². The van der Waals surface area contributed by atoms with Gasteiger partial charge in [-0.1, -0.05) is 20.8 Å². The van der Waals surface area contributed by atoms with Crippen molar-refractivity contribution in [3.8, 4) is 0 Å². The Hall–Kier alpha value is -0.830. The van der Waals surface area contributed by atoms with Gasteiger partial charge in [0, 0.05) is 18.5 Å². The van der Waals surface area contributed by atoms with E-state index in [0.717, 1.165) is 13.1 Å². The molecule has 1 unspecified atom stereocenters. The summed E-state index contributed by atoms with van der Waals surface area (Å²) in [7, 11) is 0. The minimum absolute atomic E-state index is 0.244. The van der Waals surface area contributed by atoms with E-state index >= 15 is 0 Å². The molecule has 1 aromatic heterocycles. The molecule has 1 aliphatic heterocycles. The van der Waals surface area contributed by atoms with Gasteiger partial charge in [-0.2, -0.15) is 5.10 Å². The fourth-order valence-corrected chi connectivity index (χ4v) is 1.87. The smallest absolute Gasteiger partial charge is 0.199 e. The molecule has 2 N–H and O–H groups in total. The van der Waals surface area contributed by atoms with Crippen LogP contribution in [0.5, 0.6) is 0 Å². The molecule has 0 bridgehead atoms. The Morgan fingerprint density at radius 2 is 2.21 bits per heavy atom. The molecule has 1 atom stereocenters. The van der Waals surface area contributed by atoms with Gasteiger partial charge in [-0.05, 0) is 5.41 Å². The van der Waals surface area contributed by atoms with Crippen LogP contribution >= 0.6 is 0 Å². The van der Waals surface area contributed by atoms with Crippen molar-refractivity contribution in [2.24, 2.45) is 0 Å². The van der Waals surface area contributed by atoms with Gasteiger partial charge in [-0.15, -0.1) is 4.68 Å². The SMILES string of the molecule is CC(C)(C)c1c[nH][n+](C2CCNC2)c1. The molecule has 0 radical (unpaired) electrons. The van der Waals surface area contributed by atoms with E-state index in [0.29, 0.717) is 6.04 Å². The first-order valence-electron chi connectivity index (χ1n) is 5.38. The van der Waals surface area contributed by atoms with Gasteiger partial charge < -0.3 is 5.32 Å². The predicted molar refractivity (Wildman–Crippen MR) is 56.2 cm³/mol. The molecule has 3 heteroatoms. The third-order valence-corrected chi connectivity index (χ3v) is 2.94. The average molecular weight is 194 g/mol. The summed E-state index contributed by atoms with van der Waals surface area (Å²) in [6.07, 6.45) is 5.60. The molecule has 1 aliphatic rings. The van der Waals surface area contributed by atoms with Crippen molar-refractivity contribution in [1.29, 1.82) is 0 Å². The summed E-state index contributed by atoms with van der Waals surface area (Å²) < 4.78 is 2.24. The van der Waals surface area contributed by atoms with Crippen LogP contribution in [0.4, 0.5) is 0 Å². The van der Waals surface area contributed by atoms with E-state index in [4.69, 9.17) is 0 Å². The van der Waals surface area contributed by atoms with Crippen LogP contribution in [0.3, 0.4) is 0 Å². The molecular weight excluding hydrogens is 174 g/mol. The number of aromatic amines is 1. The number of aromatic nitrogens is 2. The van der Waals surface area contributed by atoms with Gasteiger partial charge >= 0.3 is 0 Å². The van der Waals surface area contributed by atoms with Gasteiger partial charge in [-0.3, -0.25) is 0 Å². The largest absolute Gasteiger partial charge is 0.310 e. The minimum Gasteiger partial charge on any atom is -0.310 e. The van der Waals surface area contributed by atoms with E-state index in [-0.39, 0.29) is 5.41 Å². The van der Waals surface area contributed by atoms with Crippen LogP contribution in [0.2, 0.25) is 0 Å². The van der Waals surface area contributed by atoms with Crippen LogP contribution in [0.25, 0.3) is 0 Å². The average Bonchev–Trinajstić information content (AvgIpc) is 2.73. The number of nitrogens with one attached hydrogen (secondary N) is 2. The molecule has 0 amide bonds. The second kappa shape index (κ2) is 3.39. The topological polar surface area (TPSA) is 31.7 Å². The second-order valence-electron chi connectivity index (χ2n) is 5.16. The van der Waals surface area contributed by atoms with Crippen molar-refractivity contribution >= 4 is 0 Å². The number of H-pyrrole nitrogens is 1. The lowest BCUT2D eigenvalue weighted by Crippen LogP contribution is -2.41. The van der Waals surface area contributed by atoms with Crippen molar-refractivity contribution in [1.82, 2.24) is 10.4 Å². The van der Waals surface area contributed by atoms with Gasteiger partial charge in [-0.25, -0.2) is 0 Å². The second-order valence-corrected chi connectivity index (χ2v) is 5.16. The first-order valence-corrected chi connectivity index (χ1v) is 5.38. The van der Waals surface area contributed by atoms with E-state index in [1.165, 1.54) is 12.0 Å². The van der Waals surface area contributed by atoms with Crippen molar-refractivity contribution < 1.29 is 4.68 Å². The Bertz CT molecular complexity index is 303. The monoisotopic (exact) mass is 194 g/mol. The van der Waals surface area contributed by atoms with E-state index in [9.17, 15) is 0 Å². The molecule has 0 spiro atoms. The highest BCUT2D eigenvalue weighted by molar-refractivity contribution is 5.12. The van der Waals surface area contributed by atoms with Gasteiger partial charge in [0.15, 0.2) is 12.2 Å². The normalized spacial score (nSPS) is 22.9. The molecule has 78 valence electrons. The van der Waals surface area contributed by atoms with Crippen LogP contribution < -0.4 is 10.00 Å². The summed E-state index contributed by atoms with van der Waals surface area (Å²) in [5, 5.41) is 6.71. The summed E-state index contributed by atoms with van der Waals surface area (Å²) in [5.74, 6) is 0. The Morgan fingerprint density at radius 3 is 2.71 bits per heavy atom. The lowest BCUT2D eigenvalue weighted by Gasteiger charge is -2.12. The number of hydrogen-bond acceptors (Lipinski definition) is 1. The highest BCUT2D eigenvalue weighted by atomic mass is 15.3. The Morgan fingerprint density at radius 1 is 1.43 bits per heavy atom. The van der Waals surface area contributed by atoms with Crippen LogP contribution in [0.1, 0.15) is 38.8 Å². The molecule has 1 saturated heterocycles. The molecule has 2 rings (SSSR count). The fraction of sp³-hybridized carbons (Fsp3) is 0.727. The predicted octanol–water partition coefficient (Wildman–Crippen LogP) is 1.13. The fourth-order valence-electron chi connectivity index (χ4n) is 1.87. The summed E-state index contributed by atoms with van der Waals surface area (Å²) in [6.45, 7) is 8.96. The number of hydrogen-bond donors (Lipinski definition) is 2. The molecule has 1 fully saturated rings. The zero-order chi connectivity index (χ0) is 10.2. The zero-order valence-corrected chi connectivity index (χ0v) is 9.30. The first-order chi connectivity index (χ1) is 6.57. The lowest BCUT2D eigenvalue weighted by atomic mass is 9.90. The molecule has 1 aromatic rings. The molecule has 0 aliphatic carbocycles. The zero-order valence-electron chi connectivity index (χ0n) is 9.30. The van der Waals surface area contributed by atoms with Crippen LogP contribution in [-0.4, -0.2) is 18.2 Å². The summed E-state index contributed by atoms with van der Waals surface area (Å²) in [5.41, 5.74) is 1.62. The maximum atomic E-state index is 3.38. The Labute approximate surface area is 85.5 Å². The van der Waals surface area contributed by atoms with Crippen molar-refractivity contribution in [2.75, 3.05) is 13.1 Å². The third-order valence-electron chi connectivity index (χ3n) is 2.94. The molecule has 14 heavy (non-hydrogen) atoms. The van der Waals surface area contributed by atoms with Gasteiger partial charge in [0.25, 0.3) is 0 Å². The summed E-state index contributed by atoms with van der Waals surface area (Å²) >= 11 is 0. The van der Waals surface area contributed by atoms with Crippen LogP contribution in [0, 0.1) is 0 Å². The molecular formula is C11H20N3+. The van der Waals surface area contributed by atoms with Crippen molar-refractivity contribution in [3.05, 3.63) is 18.0 Å². The van der Waals surface area contributed by atoms with Crippen LogP contribution in [0.15, 0.2) is 12.4 Å². The minimum atomic E-state index is 0.244. The maximum Gasteiger partial charge on any atom is 0.199 e. The van der Waals surface area contributed by atoms with E-state index in [1.54, 1.807) is 0 Å². The standard InChI is InChI=1S/C11H19N3/c1-11(2,3)9-6-13-14(8-9)10-4-5-12-7-10/h6,8,10,12H,4-5,7H2,1-3H3/p+1. The number of nitrogens with zero attached hydrogens (tertiary/aromatic N) is 1. The Balaban J connectivity index is 2.17. The van der Waals surface area contributed by atoms with E-state index in [2.05, 4.69) is 48.3 Å². The molecule has 0 saturated carbocycles. The quantitative estimate of drug-likeness (QED) is 0.645. The third kappa shape index (κ3) is 1.82. The lowest BCUT2D eigenvalue weighted by molar-refractivity contribution is -0.770.